The highest BCUT2D eigenvalue weighted by atomic mass is 15.2. The Morgan fingerprint density at radius 3 is 2.78 bits per heavy atom. The average molecular weight is 245 g/mol. The number of hydrogen-bond donors (Lipinski definition) is 1. The zero-order valence-corrected chi connectivity index (χ0v) is 11.6. The van der Waals surface area contributed by atoms with Gasteiger partial charge in [0.2, 0.25) is 0 Å². The molecule has 0 aliphatic heterocycles. The molecule has 1 saturated carbocycles. The second-order valence-electron chi connectivity index (χ2n) is 6.45. The number of fused-ring (bicyclic) bond motifs is 2. The number of nitrogens with one attached hydrogen (secondary N) is 1. The number of hydrogen-bond acceptors (Lipinski definition) is 2. The molecule has 2 bridgehead atoms. The molecule has 0 amide bonds. The Balaban J connectivity index is 1.61. The Labute approximate surface area is 109 Å². The molecule has 1 aromatic heterocycles. The van der Waals surface area contributed by atoms with Crippen molar-refractivity contribution in [1.29, 1.82) is 0 Å². The molecule has 3 atom stereocenters. The van der Waals surface area contributed by atoms with Crippen LogP contribution in [0.15, 0.2) is 24.5 Å². The van der Waals surface area contributed by atoms with Gasteiger partial charge in [0.15, 0.2) is 0 Å². The predicted molar refractivity (Wildman–Crippen MR) is 73.1 cm³/mol. The molecule has 1 N–H and O–H groups in total. The lowest BCUT2D eigenvalue weighted by molar-refractivity contribution is 0.329. The smallest absolute Gasteiger partial charge is 0.0540 e. The molecule has 18 heavy (non-hydrogen) atoms. The molecule has 0 spiro atoms. The first kappa shape index (κ1) is 12.0. The molecule has 98 valence electrons. The van der Waals surface area contributed by atoms with Crippen LogP contribution < -0.4 is 5.32 Å². The summed E-state index contributed by atoms with van der Waals surface area (Å²) in [6, 6.07) is 0. The van der Waals surface area contributed by atoms with E-state index in [2.05, 4.69) is 42.6 Å². The highest BCUT2D eigenvalue weighted by molar-refractivity contribution is 5.16. The molecule has 1 heterocycles. The Bertz CT molecular complexity index is 458. The topological polar surface area (TPSA) is 29.9 Å². The van der Waals surface area contributed by atoms with Gasteiger partial charge in [-0.15, -0.1) is 0 Å². The number of aromatic nitrogens is 2. The van der Waals surface area contributed by atoms with Gasteiger partial charge in [0.1, 0.15) is 0 Å². The van der Waals surface area contributed by atoms with Gasteiger partial charge in [0, 0.05) is 24.3 Å². The van der Waals surface area contributed by atoms with E-state index in [1.54, 1.807) is 0 Å². The molecule has 3 rings (SSSR count). The maximum absolute atomic E-state index is 4.27. The second-order valence-corrected chi connectivity index (χ2v) is 6.45. The molecule has 0 saturated heterocycles. The van der Waals surface area contributed by atoms with Crippen molar-refractivity contribution in [2.75, 3.05) is 6.54 Å². The first-order chi connectivity index (χ1) is 8.54. The van der Waals surface area contributed by atoms with Gasteiger partial charge in [-0.25, -0.2) is 0 Å². The molecular formula is C15H23N3. The summed E-state index contributed by atoms with van der Waals surface area (Å²) in [6.45, 7) is 5.60. The lowest BCUT2D eigenvalue weighted by atomic mass is 9.91. The lowest BCUT2D eigenvalue weighted by Crippen LogP contribution is -2.40. The summed E-state index contributed by atoms with van der Waals surface area (Å²) < 4.78 is 1.87. The van der Waals surface area contributed by atoms with Gasteiger partial charge in [-0.1, -0.05) is 12.2 Å². The highest BCUT2D eigenvalue weighted by Crippen LogP contribution is 2.43. The van der Waals surface area contributed by atoms with Crippen LogP contribution in [0, 0.1) is 17.8 Å². The molecule has 2 aliphatic rings. The van der Waals surface area contributed by atoms with Crippen LogP contribution >= 0.6 is 0 Å². The van der Waals surface area contributed by atoms with Crippen molar-refractivity contribution in [3.8, 4) is 0 Å². The standard InChI is InChI=1S/C15H23N3/c1-15(2,14-9-17-18(3)10-14)16-8-13-7-11-4-5-12(13)6-11/h4-5,9-13,16H,6-8H2,1-3H3. The summed E-state index contributed by atoms with van der Waals surface area (Å²) in [4.78, 5) is 0. The van der Waals surface area contributed by atoms with Crippen LogP contribution in [0.1, 0.15) is 32.3 Å². The van der Waals surface area contributed by atoms with E-state index in [1.165, 1.54) is 18.4 Å². The molecule has 1 fully saturated rings. The van der Waals surface area contributed by atoms with E-state index in [9.17, 15) is 0 Å². The lowest BCUT2D eigenvalue weighted by Gasteiger charge is -2.29. The fourth-order valence-electron chi connectivity index (χ4n) is 3.36. The summed E-state index contributed by atoms with van der Waals surface area (Å²) in [6.07, 6.45) is 11.7. The highest BCUT2D eigenvalue weighted by Gasteiger charge is 2.36. The molecule has 0 radical (unpaired) electrons. The molecule has 1 aromatic rings. The van der Waals surface area contributed by atoms with E-state index in [0.29, 0.717) is 0 Å². The normalized spacial score (nSPS) is 30.3. The Morgan fingerprint density at radius 1 is 1.39 bits per heavy atom. The van der Waals surface area contributed by atoms with Gasteiger partial charge >= 0.3 is 0 Å². The first-order valence-electron chi connectivity index (χ1n) is 6.97. The summed E-state index contributed by atoms with van der Waals surface area (Å²) in [5.41, 5.74) is 1.28. The Kier molecular flexibility index (Phi) is 2.81. The maximum atomic E-state index is 4.27. The van der Waals surface area contributed by atoms with E-state index < -0.39 is 0 Å². The van der Waals surface area contributed by atoms with E-state index in [-0.39, 0.29) is 5.54 Å². The number of nitrogens with zero attached hydrogens (tertiary/aromatic N) is 2. The monoisotopic (exact) mass is 245 g/mol. The zero-order chi connectivity index (χ0) is 12.8. The molecule has 2 aliphatic carbocycles. The van der Waals surface area contributed by atoms with Crippen LogP contribution in [-0.4, -0.2) is 16.3 Å². The van der Waals surface area contributed by atoms with Crippen LogP contribution in [-0.2, 0) is 12.6 Å². The molecule has 3 heteroatoms. The van der Waals surface area contributed by atoms with Crippen LogP contribution in [0.25, 0.3) is 0 Å². The predicted octanol–water partition coefficient (Wildman–Crippen LogP) is 2.46. The third kappa shape index (κ3) is 2.12. The van der Waals surface area contributed by atoms with E-state index in [0.717, 1.165) is 24.3 Å². The fraction of sp³-hybridized carbons (Fsp3) is 0.667. The molecule has 0 aromatic carbocycles. The third-order valence-corrected chi connectivity index (χ3v) is 4.65. The Hall–Kier alpha value is -1.09. The fourth-order valence-corrected chi connectivity index (χ4v) is 3.36. The average Bonchev–Trinajstić information content (AvgIpc) is 3.01. The van der Waals surface area contributed by atoms with Crippen molar-refractivity contribution >= 4 is 0 Å². The molecule has 3 nitrogen and oxygen atoms in total. The second kappa shape index (κ2) is 4.23. The molecule has 3 unspecified atom stereocenters. The third-order valence-electron chi connectivity index (χ3n) is 4.65. The van der Waals surface area contributed by atoms with Crippen molar-refractivity contribution in [1.82, 2.24) is 15.1 Å². The minimum absolute atomic E-state index is 0.0137. The van der Waals surface area contributed by atoms with Gasteiger partial charge in [-0.2, -0.15) is 5.10 Å². The number of aryl methyl sites for hydroxylation is 1. The SMILES string of the molecule is Cn1cc(C(C)(C)NCC2CC3C=CC2C3)cn1. The van der Waals surface area contributed by atoms with Crippen molar-refractivity contribution < 1.29 is 0 Å². The summed E-state index contributed by atoms with van der Waals surface area (Å²) >= 11 is 0. The van der Waals surface area contributed by atoms with Crippen molar-refractivity contribution in [2.45, 2.75) is 32.2 Å². The minimum Gasteiger partial charge on any atom is -0.307 e. The molecular weight excluding hydrogens is 222 g/mol. The van der Waals surface area contributed by atoms with Crippen molar-refractivity contribution in [3.05, 3.63) is 30.1 Å². The maximum Gasteiger partial charge on any atom is 0.0540 e. The van der Waals surface area contributed by atoms with E-state index in [1.807, 2.05) is 17.9 Å². The van der Waals surface area contributed by atoms with Crippen LogP contribution in [0.4, 0.5) is 0 Å². The van der Waals surface area contributed by atoms with Crippen LogP contribution in [0.2, 0.25) is 0 Å². The van der Waals surface area contributed by atoms with Crippen LogP contribution in [0.3, 0.4) is 0 Å². The number of rotatable bonds is 4. The minimum atomic E-state index is 0.0137. The van der Waals surface area contributed by atoms with Gasteiger partial charge in [0.05, 0.1) is 6.20 Å². The quantitative estimate of drug-likeness (QED) is 0.826. The largest absolute Gasteiger partial charge is 0.307 e. The van der Waals surface area contributed by atoms with Crippen molar-refractivity contribution in [2.24, 2.45) is 24.8 Å². The van der Waals surface area contributed by atoms with Crippen molar-refractivity contribution in [3.63, 3.8) is 0 Å². The summed E-state index contributed by atoms with van der Waals surface area (Å²) in [5.74, 6) is 2.52. The van der Waals surface area contributed by atoms with Gasteiger partial charge in [-0.05, 0) is 51.0 Å². The Morgan fingerprint density at radius 2 is 2.22 bits per heavy atom. The summed E-state index contributed by atoms with van der Waals surface area (Å²) in [7, 11) is 1.97. The van der Waals surface area contributed by atoms with E-state index in [4.69, 9.17) is 0 Å². The zero-order valence-electron chi connectivity index (χ0n) is 11.6. The van der Waals surface area contributed by atoms with Gasteiger partial charge in [-0.3, -0.25) is 4.68 Å². The van der Waals surface area contributed by atoms with Gasteiger partial charge in [0.25, 0.3) is 0 Å². The first-order valence-corrected chi connectivity index (χ1v) is 6.97. The van der Waals surface area contributed by atoms with Crippen LogP contribution in [0.5, 0.6) is 0 Å². The van der Waals surface area contributed by atoms with E-state index >= 15 is 0 Å². The summed E-state index contributed by atoms with van der Waals surface area (Å²) in [5, 5.41) is 7.99. The number of allylic oxidation sites excluding steroid dienone is 2. The van der Waals surface area contributed by atoms with Gasteiger partial charge < -0.3 is 5.32 Å².